The first-order valence-corrected chi connectivity index (χ1v) is 7.22. The topological polar surface area (TPSA) is 77.0 Å². The first-order valence-electron chi connectivity index (χ1n) is 6.34. The molecule has 2 heterocycles. The summed E-state index contributed by atoms with van der Waals surface area (Å²) in [6, 6.07) is 4.00. The van der Waals surface area contributed by atoms with Gasteiger partial charge in [-0.25, -0.2) is 9.78 Å². The summed E-state index contributed by atoms with van der Waals surface area (Å²) >= 11 is 1.02. The Morgan fingerprint density at radius 2 is 2.13 bits per heavy atom. The van der Waals surface area contributed by atoms with Crippen molar-refractivity contribution in [3.05, 3.63) is 46.5 Å². The number of nitrogens with zero attached hydrogens (tertiary/aromatic N) is 3. The highest BCUT2D eigenvalue weighted by Gasteiger charge is 2.38. The molecule has 9 heteroatoms. The number of alkyl halides is 2. The lowest BCUT2D eigenvalue weighted by molar-refractivity contribution is -0.0272. The molecule has 3 rings (SSSR count). The number of benzene rings is 1. The van der Waals surface area contributed by atoms with Crippen molar-refractivity contribution in [3.63, 3.8) is 0 Å². The summed E-state index contributed by atoms with van der Waals surface area (Å²) < 4.78 is 37.7. The van der Waals surface area contributed by atoms with E-state index in [1.54, 1.807) is 18.2 Å². The zero-order valence-corrected chi connectivity index (χ0v) is 12.5. The van der Waals surface area contributed by atoms with Crippen LogP contribution in [-0.2, 0) is 10.8 Å². The van der Waals surface area contributed by atoms with Crippen LogP contribution in [0.3, 0.4) is 0 Å². The Morgan fingerprint density at radius 3 is 2.87 bits per heavy atom. The SMILES string of the molecule is COC(=O)c1sccc1N=NC(F)(F)c1nc2ccccc2o1. The van der Waals surface area contributed by atoms with E-state index in [2.05, 4.69) is 19.9 Å². The van der Waals surface area contributed by atoms with E-state index < -0.39 is 17.9 Å². The van der Waals surface area contributed by atoms with Gasteiger partial charge in [0.15, 0.2) is 5.58 Å². The van der Waals surface area contributed by atoms with Crippen molar-refractivity contribution < 1.29 is 22.7 Å². The van der Waals surface area contributed by atoms with Crippen LogP contribution in [0.2, 0.25) is 0 Å². The second-order valence-corrected chi connectivity index (χ2v) is 5.27. The van der Waals surface area contributed by atoms with Crippen molar-refractivity contribution in [2.24, 2.45) is 10.2 Å². The lowest BCUT2D eigenvalue weighted by Gasteiger charge is -2.04. The molecule has 6 nitrogen and oxygen atoms in total. The van der Waals surface area contributed by atoms with Gasteiger partial charge in [0.2, 0.25) is 0 Å². The number of thiophene rings is 1. The van der Waals surface area contributed by atoms with Crippen molar-refractivity contribution >= 4 is 34.1 Å². The molecule has 0 atom stereocenters. The molecule has 0 radical (unpaired) electrons. The molecular formula is C14H9F2N3O3S. The van der Waals surface area contributed by atoms with Crippen molar-refractivity contribution in [1.82, 2.24) is 4.98 Å². The van der Waals surface area contributed by atoms with Gasteiger partial charge in [-0.3, -0.25) is 0 Å². The molecule has 23 heavy (non-hydrogen) atoms. The van der Waals surface area contributed by atoms with Crippen LogP contribution in [0.25, 0.3) is 11.1 Å². The molecule has 0 saturated heterocycles. The van der Waals surface area contributed by atoms with Crippen LogP contribution >= 0.6 is 11.3 Å². The molecule has 1 aromatic carbocycles. The Bertz CT molecular complexity index is 855. The lowest BCUT2D eigenvalue weighted by Crippen LogP contribution is -2.09. The molecule has 0 aliphatic carbocycles. The summed E-state index contributed by atoms with van der Waals surface area (Å²) in [5.41, 5.74) is 0.518. The quantitative estimate of drug-likeness (QED) is 0.399. The van der Waals surface area contributed by atoms with Crippen LogP contribution in [0, 0.1) is 0 Å². The fourth-order valence-electron chi connectivity index (χ4n) is 1.79. The highest BCUT2D eigenvalue weighted by molar-refractivity contribution is 7.12. The van der Waals surface area contributed by atoms with Gasteiger partial charge in [0.25, 0.3) is 5.89 Å². The van der Waals surface area contributed by atoms with Crippen molar-refractivity contribution in [1.29, 1.82) is 0 Å². The number of methoxy groups -OCH3 is 1. The van der Waals surface area contributed by atoms with Gasteiger partial charge in [0.1, 0.15) is 16.1 Å². The average Bonchev–Trinajstić information content (AvgIpc) is 3.19. The summed E-state index contributed by atoms with van der Waals surface area (Å²) in [5, 5.41) is 7.94. The third-order valence-corrected chi connectivity index (χ3v) is 3.73. The normalized spacial score (nSPS) is 12.1. The molecule has 2 aromatic heterocycles. The largest absolute Gasteiger partial charge is 0.465 e. The first kappa shape index (κ1) is 15.2. The van der Waals surface area contributed by atoms with Crippen LogP contribution in [-0.4, -0.2) is 18.1 Å². The Balaban J connectivity index is 1.91. The monoisotopic (exact) mass is 337 g/mol. The van der Waals surface area contributed by atoms with Gasteiger partial charge in [-0.1, -0.05) is 12.1 Å². The van der Waals surface area contributed by atoms with Gasteiger partial charge in [0.05, 0.1) is 7.11 Å². The number of carbonyl (C=O) groups excluding carboxylic acids is 1. The zero-order chi connectivity index (χ0) is 16.4. The molecular weight excluding hydrogens is 328 g/mol. The zero-order valence-electron chi connectivity index (χ0n) is 11.7. The number of azo groups is 1. The van der Waals surface area contributed by atoms with Crippen LogP contribution in [0.15, 0.2) is 50.4 Å². The maximum absolute atomic E-state index is 14.1. The molecule has 0 bridgehead atoms. The van der Waals surface area contributed by atoms with Crippen LogP contribution < -0.4 is 0 Å². The number of aromatic nitrogens is 1. The summed E-state index contributed by atoms with van der Waals surface area (Å²) in [5.74, 6) is -1.53. The Kier molecular flexibility index (Phi) is 3.87. The van der Waals surface area contributed by atoms with E-state index in [1.165, 1.54) is 24.6 Å². The first-order chi connectivity index (χ1) is 11.0. The van der Waals surface area contributed by atoms with Gasteiger partial charge >= 0.3 is 12.0 Å². The number of rotatable bonds is 4. The molecule has 0 amide bonds. The molecule has 3 aromatic rings. The van der Waals surface area contributed by atoms with Crippen LogP contribution in [0.1, 0.15) is 15.6 Å². The maximum Gasteiger partial charge on any atom is 0.436 e. The molecule has 0 aliphatic heterocycles. The highest BCUT2D eigenvalue weighted by atomic mass is 32.1. The van der Waals surface area contributed by atoms with Gasteiger partial charge in [-0.05, 0) is 23.6 Å². The summed E-state index contributed by atoms with van der Waals surface area (Å²) in [6.07, 6.45) is 0. The minimum absolute atomic E-state index is 0.00219. The number of carbonyl (C=O) groups is 1. The lowest BCUT2D eigenvalue weighted by atomic mass is 10.3. The molecule has 0 aliphatic rings. The van der Waals surface area contributed by atoms with Gasteiger partial charge in [-0.15, -0.1) is 21.6 Å². The number of hydrogen-bond donors (Lipinski definition) is 0. The fourth-order valence-corrected chi connectivity index (χ4v) is 2.53. The number of para-hydroxylation sites is 2. The predicted octanol–water partition coefficient (Wildman–Crippen LogP) is 4.51. The van der Waals surface area contributed by atoms with E-state index in [-0.39, 0.29) is 16.1 Å². The second-order valence-electron chi connectivity index (χ2n) is 4.35. The molecule has 0 N–H and O–H groups in total. The third kappa shape index (κ3) is 2.95. The number of oxazole rings is 1. The number of hydrogen-bond acceptors (Lipinski definition) is 7. The maximum atomic E-state index is 14.1. The van der Waals surface area contributed by atoms with Crippen molar-refractivity contribution in [2.45, 2.75) is 6.05 Å². The minimum Gasteiger partial charge on any atom is -0.465 e. The Labute approximate surface area is 132 Å². The molecule has 0 saturated carbocycles. The average molecular weight is 337 g/mol. The van der Waals surface area contributed by atoms with Gasteiger partial charge < -0.3 is 9.15 Å². The van der Waals surface area contributed by atoms with Gasteiger partial charge in [0, 0.05) is 0 Å². The minimum atomic E-state index is -3.76. The molecule has 118 valence electrons. The third-order valence-electron chi connectivity index (χ3n) is 2.85. The summed E-state index contributed by atoms with van der Waals surface area (Å²) in [6.45, 7) is 0. The van der Waals surface area contributed by atoms with Crippen LogP contribution in [0.5, 0.6) is 0 Å². The Morgan fingerprint density at radius 1 is 1.35 bits per heavy atom. The molecule has 0 spiro atoms. The van der Waals surface area contributed by atoms with E-state index >= 15 is 0 Å². The fraction of sp³-hybridized carbons (Fsp3) is 0.143. The smallest absolute Gasteiger partial charge is 0.436 e. The summed E-state index contributed by atoms with van der Waals surface area (Å²) in [4.78, 5) is 15.3. The summed E-state index contributed by atoms with van der Waals surface area (Å²) in [7, 11) is 1.19. The predicted molar refractivity (Wildman–Crippen MR) is 78.1 cm³/mol. The molecule has 0 fully saturated rings. The standard InChI is InChI=1S/C14H9F2N3O3S/c1-21-12(20)11-9(6-7-23-11)18-19-14(15,16)13-17-8-4-2-3-5-10(8)22-13/h2-7H,1H3. The number of ether oxygens (including phenoxy) is 1. The number of esters is 1. The molecule has 0 unspecified atom stereocenters. The van der Waals surface area contributed by atoms with E-state index in [9.17, 15) is 13.6 Å². The number of halogens is 2. The second kappa shape index (κ2) is 5.84. The number of fused-ring (bicyclic) bond motifs is 1. The van der Waals surface area contributed by atoms with Gasteiger partial charge in [-0.2, -0.15) is 8.78 Å². The van der Waals surface area contributed by atoms with Crippen molar-refractivity contribution in [2.75, 3.05) is 7.11 Å². The highest BCUT2D eigenvalue weighted by Crippen LogP contribution is 2.34. The Hall–Kier alpha value is -2.68. The van der Waals surface area contributed by atoms with Crippen LogP contribution in [0.4, 0.5) is 14.5 Å². The van der Waals surface area contributed by atoms with Crippen molar-refractivity contribution in [3.8, 4) is 0 Å². The van der Waals surface area contributed by atoms with E-state index in [4.69, 9.17) is 4.42 Å². The van der Waals surface area contributed by atoms with E-state index in [0.29, 0.717) is 5.52 Å². The van der Waals surface area contributed by atoms with E-state index in [0.717, 1.165) is 11.3 Å². The van der Waals surface area contributed by atoms with E-state index in [1.807, 2.05) is 0 Å².